The lowest BCUT2D eigenvalue weighted by atomic mass is 9.87. The normalized spacial score (nSPS) is 21.6. The van der Waals surface area contributed by atoms with E-state index in [0.29, 0.717) is 12.4 Å². The molecule has 114 valence electrons. The van der Waals surface area contributed by atoms with Crippen LogP contribution in [-0.2, 0) is 9.53 Å². The fraction of sp³-hybridized carbons (Fsp3) is 0.500. The fourth-order valence-corrected chi connectivity index (χ4v) is 2.55. The van der Waals surface area contributed by atoms with Gasteiger partial charge in [-0.3, -0.25) is 4.79 Å². The van der Waals surface area contributed by atoms with E-state index >= 15 is 0 Å². The number of benzene rings is 1. The zero-order valence-electron chi connectivity index (χ0n) is 12.1. The van der Waals surface area contributed by atoms with Crippen molar-refractivity contribution >= 4 is 11.9 Å². The smallest absolute Gasteiger partial charge is 0.335 e. The Morgan fingerprint density at radius 2 is 1.76 bits per heavy atom. The number of carbonyl (C=O) groups is 2. The van der Waals surface area contributed by atoms with Gasteiger partial charge < -0.3 is 14.6 Å². The van der Waals surface area contributed by atoms with E-state index in [-0.39, 0.29) is 23.6 Å². The molecule has 0 spiro atoms. The highest BCUT2D eigenvalue weighted by Gasteiger charge is 2.28. The number of aromatic carboxylic acids is 1. The summed E-state index contributed by atoms with van der Waals surface area (Å²) in [5.74, 6) is -0.406. The third-order valence-electron chi connectivity index (χ3n) is 3.70. The monoisotopic (exact) mass is 292 g/mol. The van der Waals surface area contributed by atoms with Crippen LogP contribution in [0.2, 0.25) is 0 Å². The van der Waals surface area contributed by atoms with Crippen molar-refractivity contribution in [1.29, 1.82) is 0 Å². The van der Waals surface area contributed by atoms with Crippen LogP contribution in [0.4, 0.5) is 0 Å². The van der Waals surface area contributed by atoms with Gasteiger partial charge in [0.15, 0.2) is 0 Å². The Labute approximate surface area is 123 Å². The van der Waals surface area contributed by atoms with Gasteiger partial charge in [0.2, 0.25) is 0 Å². The van der Waals surface area contributed by atoms with E-state index in [0.717, 1.165) is 25.7 Å². The quantitative estimate of drug-likeness (QED) is 0.845. The molecule has 1 saturated carbocycles. The van der Waals surface area contributed by atoms with E-state index in [9.17, 15) is 9.59 Å². The van der Waals surface area contributed by atoms with Crippen LogP contribution in [0.5, 0.6) is 5.75 Å². The van der Waals surface area contributed by atoms with Crippen LogP contribution in [0.15, 0.2) is 24.3 Å². The summed E-state index contributed by atoms with van der Waals surface area (Å²) in [6, 6.07) is 6.39. The molecule has 0 unspecified atom stereocenters. The van der Waals surface area contributed by atoms with Crippen molar-refractivity contribution in [2.75, 3.05) is 6.61 Å². The molecule has 1 fully saturated rings. The zero-order valence-corrected chi connectivity index (χ0v) is 12.1. The van der Waals surface area contributed by atoms with Crippen LogP contribution in [0.1, 0.15) is 43.0 Å². The summed E-state index contributed by atoms with van der Waals surface area (Å²) in [7, 11) is 0. The molecule has 5 nitrogen and oxygen atoms in total. The summed E-state index contributed by atoms with van der Waals surface area (Å²) >= 11 is 0. The maximum atomic E-state index is 11.6. The van der Waals surface area contributed by atoms with Gasteiger partial charge in [0.25, 0.3) is 0 Å². The summed E-state index contributed by atoms with van der Waals surface area (Å²) < 4.78 is 10.9. The van der Waals surface area contributed by atoms with E-state index < -0.39 is 5.97 Å². The third kappa shape index (κ3) is 4.21. The maximum Gasteiger partial charge on any atom is 0.335 e. The second-order valence-corrected chi connectivity index (χ2v) is 5.17. The standard InChI is InChI=1S/C16H20O5/c1-2-20-16(19)12-5-9-14(10-6-12)21-13-7-3-11(4-8-13)15(17)18/h3-4,7-8,12,14H,2,5-6,9-10H2,1H3,(H,17,18)/t12-,14+. The Bertz CT molecular complexity index is 486. The molecule has 1 aliphatic carbocycles. The Balaban J connectivity index is 1.83. The Morgan fingerprint density at radius 1 is 1.14 bits per heavy atom. The summed E-state index contributed by atoms with van der Waals surface area (Å²) in [6.45, 7) is 2.23. The lowest BCUT2D eigenvalue weighted by Gasteiger charge is -2.27. The molecule has 1 aromatic rings. The van der Waals surface area contributed by atoms with Gasteiger partial charge in [0, 0.05) is 0 Å². The largest absolute Gasteiger partial charge is 0.490 e. The van der Waals surface area contributed by atoms with Crippen molar-refractivity contribution < 1.29 is 24.2 Å². The zero-order chi connectivity index (χ0) is 15.2. The van der Waals surface area contributed by atoms with Crippen LogP contribution in [-0.4, -0.2) is 29.8 Å². The Hall–Kier alpha value is -2.04. The molecule has 1 aliphatic rings. The molecule has 21 heavy (non-hydrogen) atoms. The minimum absolute atomic E-state index is 0.0146. The second-order valence-electron chi connectivity index (χ2n) is 5.17. The van der Waals surface area contributed by atoms with Crippen molar-refractivity contribution in [2.24, 2.45) is 5.92 Å². The van der Waals surface area contributed by atoms with Gasteiger partial charge in [-0.05, 0) is 56.9 Å². The molecular formula is C16H20O5. The van der Waals surface area contributed by atoms with Crippen LogP contribution < -0.4 is 4.74 Å². The summed E-state index contributed by atoms with van der Waals surface area (Å²) in [6.07, 6.45) is 3.24. The molecule has 2 rings (SSSR count). The SMILES string of the molecule is CCOC(=O)[C@H]1CC[C@@H](Oc2ccc(C(=O)O)cc2)CC1. The first-order valence-electron chi connectivity index (χ1n) is 7.26. The van der Waals surface area contributed by atoms with E-state index in [2.05, 4.69) is 0 Å². The molecule has 0 radical (unpaired) electrons. The van der Waals surface area contributed by atoms with E-state index in [1.165, 1.54) is 12.1 Å². The average molecular weight is 292 g/mol. The average Bonchev–Trinajstić information content (AvgIpc) is 2.49. The highest BCUT2D eigenvalue weighted by Crippen LogP contribution is 2.28. The number of ether oxygens (including phenoxy) is 2. The second kappa shape index (κ2) is 7.11. The molecule has 0 heterocycles. The first-order chi connectivity index (χ1) is 10.1. The molecule has 0 aromatic heterocycles. The first kappa shape index (κ1) is 15.4. The van der Waals surface area contributed by atoms with Crippen molar-refractivity contribution in [3.05, 3.63) is 29.8 Å². The van der Waals surface area contributed by atoms with Crippen LogP contribution >= 0.6 is 0 Å². The highest BCUT2D eigenvalue weighted by molar-refractivity contribution is 5.87. The Morgan fingerprint density at radius 3 is 2.29 bits per heavy atom. The number of carbonyl (C=O) groups excluding carboxylic acids is 1. The molecule has 1 aromatic carbocycles. The fourth-order valence-electron chi connectivity index (χ4n) is 2.55. The van der Waals surface area contributed by atoms with E-state index in [1.54, 1.807) is 12.1 Å². The van der Waals surface area contributed by atoms with Gasteiger partial charge in [-0.25, -0.2) is 4.79 Å². The third-order valence-corrected chi connectivity index (χ3v) is 3.70. The predicted molar refractivity (Wildman–Crippen MR) is 76.4 cm³/mol. The molecular weight excluding hydrogens is 272 g/mol. The first-order valence-corrected chi connectivity index (χ1v) is 7.26. The summed E-state index contributed by atoms with van der Waals surface area (Å²) in [5.41, 5.74) is 0.244. The van der Waals surface area contributed by atoms with Crippen molar-refractivity contribution in [1.82, 2.24) is 0 Å². The number of hydrogen-bond acceptors (Lipinski definition) is 4. The minimum atomic E-state index is -0.948. The van der Waals surface area contributed by atoms with Gasteiger partial charge in [-0.1, -0.05) is 0 Å². The Kier molecular flexibility index (Phi) is 5.20. The maximum absolute atomic E-state index is 11.6. The molecule has 0 aliphatic heterocycles. The van der Waals surface area contributed by atoms with Crippen LogP contribution in [0.25, 0.3) is 0 Å². The molecule has 0 atom stereocenters. The summed E-state index contributed by atoms with van der Waals surface area (Å²) in [5, 5.41) is 8.84. The van der Waals surface area contributed by atoms with E-state index in [4.69, 9.17) is 14.6 Å². The van der Waals surface area contributed by atoms with Gasteiger partial charge >= 0.3 is 11.9 Å². The topological polar surface area (TPSA) is 72.8 Å². The number of carboxylic acids is 1. The number of esters is 1. The predicted octanol–water partition coefficient (Wildman–Crippen LogP) is 2.89. The molecule has 0 saturated heterocycles. The van der Waals surface area contributed by atoms with Gasteiger partial charge in [-0.15, -0.1) is 0 Å². The van der Waals surface area contributed by atoms with E-state index in [1.807, 2.05) is 6.92 Å². The minimum Gasteiger partial charge on any atom is -0.490 e. The van der Waals surface area contributed by atoms with Gasteiger partial charge in [-0.2, -0.15) is 0 Å². The number of rotatable bonds is 5. The number of carboxylic acid groups (broad SMARTS) is 1. The van der Waals surface area contributed by atoms with Crippen molar-refractivity contribution in [3.8, 4) is 5.75 Å². The number of hydrogen-bond donors (Lipinski definition) is 1. The molecule has 1 N–H and O–H groups in total. The van der Waals surface area contributed by atoms with Crippen LogP contribution in [0.3, 0.4) is 0 Å². The summed E-state index contributed by atoms with van der Waals surface area (Å²) in [4.78, 5) is 22.4. The molecule has 0 bridgehead atoms. The lowest BCUT2D eigenvalue weighted by Crippen LogP contribution is -2.29. The van der Waals surface area contributed by atoms with Crippen molar-refractivity contribution in [2.45, 2.75) is 38.7 Å². The van der Waals surface area contributed by atoms with Crippen molar-refractivity contribution in [3.63, 3.8) is 0 Å². The molecule has 5 heteroatoms. The van der Waals surface area contributed by atoms with Crippen LogP contribution in [0, 0.1) is 5.92 Å². The van der Waals surface area contributed by atoms with Gasteiger partial charge in [0.1, 0.15) is 5.75 Å². The highest BCUT2D eigenvalue weighted by atomic mass is 16.5. The molecule has 0 amide bonds. The lowest BCUT2D eigenvalue weighted by molar-refractivity contribution is -0.149. The van der Waals surface area contributed by atoms with Gasteiger partial charge in [0.05, 0.1) is 24.2 Å².